The van der Waals surface area contributed by atoms with Crippen LogP contribution in [-0.2, 0) is 4.79 Å². The molecule has 0 bridgehead atoms. The van der Waals surface area contributed by atoms with Crippen LogP contribution in [0.3, 0.4) is 0 Å². The molecule has 0 saturated carbocycles. The summed E-state index contributed by atoms with van der Waals surface area (Å²) in [5.74, 6) is 1.75. The molecule has 7 heteroatoms. The minimum Gasteiger partial charge on any atom is -0.493 e. The molecule has 2 aromatic heterocycles. The third kappa shape index (κ3) is 2.67. The van der Waals surface area contributed by atoms with Crippen molar-refractivity contribution in [1.29, 1.82) is 0 Å². The summed E-state index contributed by atoms with van der Waals surface area (Å²) < 4.78 is 12.5. The number of pyridine rings is 1. The Balaban J connectivity index is 1.79. The van der Waals surface area contributed by atoms with Gasteiger partial charge in [-0.2, -0.15) is 0 Å². The van der Waals surface area contributed by atoms with Gasteiger partial charge >= 0.3 is 0 Å². The maximum absolute atomic E-state index is 12.3. The fourth-order valence-corrected chi connectivity index (χ4v) is 3.24. The Labute approximate surface area is 150 Å². The van der Waals surface area contributed by atoms with Crippen LogP contribution in [0.25, 0.3) is 5.69 Å². The van der Waals surface area contributed by atoms with Crippen LogP contribution in [0, 0.1) is 0 Å². The van der Waals surface area contributed by atoms with E-state index in [0.29, 0.717) is 23.7 Å². The Kier molecular flexibility index (Phi) is 4.04. The number of carbonyl (C=O) groups is 1. The van der Waals surface area contributed by atoms with Gasteiger partial charge in [0.25, 0.3) is 0 Å². The molecular weight excluding hydrogens is 332 g/mol. The fraction of sp³-hybridized carbons (Fsp3) is 0.211. The number of amides is 1. The summed E-state index contributed by atoms with van der Waals surface area (Å²) in [6.45, 7) is 0. The predicted octanol–water partition coefficient (Wildman–Crippen LogP) is 2.76. The summed E-state index contributed by atoms with van der Waals surface area (Å²) in [7, 11) is 3.19. The van der Waals surface area contributed by atoms with Crippen LogP contribution >= 0.6 is 0 Å². The highest BCUT2D eigenvalue weighted by atomic mass is 16.5. The smallest absolute Gasteiger partial charge is 0.226 e. The zero-order chi connectivity index (χ0) is 18.1. The molecule has 0 radical (unpaired) electrons. The second kappa shape index (κ2) is 6.51. The molecule has 1 amide bonds. The second-order valence-electron chi connectivity index (χ2n) is 5.98. The molecule has 0 spiro atoms. The molecule has 4 rings (SSSR count). The zero-order valence-corrected chi connectivity index (χ0v) is 14.5. The summed E-state index contributed by atoms with van der Waals surface area (Å²) in [6.07, 6.45) is 5.47. The van der Waals surface area contributed by atoms with E-state index < -0.39 is 0 Å². The van der Waals surface area contributed by atoms with E-state index in [0.717, 1.165) is 16.9 Å². The van der Waals surface area contributed by atoms with Crippen molar-refractivity contribution in [3.8, 4) is 17.2 Å². The molecule has 3 aromatic rings. The molecule has 1 aromatic carbocycles. The van der Waals surface area contributed by atoms with Crippen molar-refractivity contribution in [2.75, 3.05) is 19.5 Å². The normalized spacial score (nSPS) is 15.9. The highest BCUT2D eigenvalue weighted by molar-refractivity contribution is 5.94. The van der Waals surface area contributed by atoms with Gasteiger partial charge in [0.1, 0.15) is 12.1 Å². The lowest BCUT2D eigenvalue weighted by Crippen LogP contribution is -2.25. The number of benzene rings is 1. The van der Waals surface area contributed by atoms with Crippen LogP contribution < -0.4 is 14.8 Å². The van der Waals surface area contributed by atoms with Crippen LogP contribution in [0.4, 0.5) is 5.82 Å². The molecule has 0 aliphatic carbocycles. The Morgan fingerprint density at radius 3 is 2.77 bits per heavy atom. The fourth-order valence-electron chi connectivity index (χ4n) is 3.24. The van der Waals surface area contributed by atoms with Gasteiger partial charge in [0.15, 0.2) is 11.5 Å². The maximum atomic E-state index is 12.3. The monoisotopic (exact) mass is 350 g/mol. The summed E-state index contributed by atoms with van der Waals surface area (Å²) in [5, 5.41) is 2.94. The van der Waals surface area contributed by atoms with Crippen molar-refractivity contribution in [3.05, 3.63) is 60.3 Å². The summed E-state index contributed by atoms with van der Waals surface area (Å²) >= 11 is 0. The Hall–Kier alpha value is -3.35. The van der Waals surface area contributed by atoms with Crippen molar-refractivity contribution in [1.82, 2.24) is 14.5 Å². The van der Waals surface area contributed by atoms with Gasteiger partial charge in [-0.15, -0.1) is 0 Å². The van der Waals surface area contributed by atoms with E-state index in [1.807, 2.05) is 34.9 Å². The summed E-state index contributed by atoms with van der Waals surface area (Å²) in [4.78, 5) is 21.1. The van der Waals surface area contributed by atoms with Crippen molar-refractivity contribution in [2.45, 2.75) is 12.3 Å². The first-order valence-electron chi connectivity index (χ1n) is 8.20. The lowest BCUT2D eigenvalue weighted by Gasteiger charge is -2.24. The quantitative estimate of drug-likeness (QED) is 0.783. The number of carbonyl (C=O) groups excluding carboxylic acids is 1. The molecule has 7 nitrogen and oxygen atoms in total. The third-order valence-corrected chi connectivity index (χ3v) is 4.51. The first kappa shape index (κ1) is 16.1. The number of anilines is 1. The largest absolute Gasteiger partial charge is 0.493 e. The SMILES string of the molecule is COc1ccc([C@H]2CC(=O)Nc3c2ncn3-c2cccnc2)cc1OC. The molecule has 0 saturated heterocycles. The number of ether oxygens (including phenoxy) is 2. The standard InChI is InChI=1S/C19H18N4O3/c1-25-15-6-5-12(8-16(15)26-2)14-9-17(24)22-19-18(14)21-11-23(19)13-4-3-7-20-10-13/h3-8,10-11,14H,9H2,1-2H3,(H,22,24)/t14-/m1/s1. The Morgan fingerprint density at radius 1 is 1.19 bits per heavy atom. The number of aromatic nitrogens is 3. The van der Waals surface area contributed by atoms with E-state index in [-0.39, 0.29) is 11.8 Å². The molecule has 0 unspecified atom stereocenters. The topological polar surface area (TPSA) is 78.3 Å². The van der Waals surface area contributed by atoms with Crippen molar-refractivity contribution in [3.63, 3.8) is 0 Å². The Morgan fingerprint density at radius 2 is 2.04 bits per heavy atom. The molecule has 1 aliphatic heterocycles. The molecule has 26 heavy (non-hydrogen) atoms. The van der Waals surface area contributed by atoms with Crippen molar-refractivity contribution >= 4 is 11.7 Å². The molecule has 132 valence electrons. The average Bonchev–Trinajstić information content (AvgIpc) is 3.11. The average molecular weight is 350 g/mol. The maximum Gasteiger partial charge on any atom is 0.226 e. The number of nitrogens with zero attached hydrogens (tertiary/aromatic N) is 3. The zero-order valence-electron chi connectivity index (χ0n) is 14.5. The molecule has 0 fully saturated rings. The lowest BCUT2D eigenvalue weighted by molar-refractivity contribution is -0.116. The van der Waals surface area contributed by atoms with Gasteiger partial charge in [0, 0.05) is 18.5 Å². The van der Waals surface area contributed by atoms with Crippen LogP contribution in [0.1, 0.15) is 23.6 Å². The van der Waals surface area contributed by atoms with E-state index in [4.69, 9.17) is 9.47 Å². The summed E-state index contributed by atoms with van der Waals surface area (Å²) in [6, 6.07) is 9.45. The van der Waals surface area contributed by atoms with Gasteiger partial charge in [-0.3, -0.25) is 14.3 Å². The van der Waals surface area contributed by atoms with Crippen LogP contribution in [0.5, 0.6) is 11.5 Å². The van der Waals surface area contributed by atoms with E-state index in [9.17, 15) is 4.79 Å². The highest BCUT2D eigenvalue weighted by Gasteiger charge is 2.31. The minimum atomic E-state index is -0.156. The first-order valence-corrected chi connectivity index (χ1v) is 8.20. The molecule has 3 heterocycles. The summed E-state index contributed by atoms with van der Waals surface area (Å²) in [5.41, 5.74) is 2.62. The van der Waals surface area contributed by atoms with E-state index >= 15 is 0 Å². The van der Waals surface area contributed by atoms with Gasteiger partial charge in [-0.25, -0.2) is 4.98 Å². The molecular formula is C19H18N4O3. The number of hydrogen-bond donors (Lipinski definition) is 1. The number of fused-ring (bicyclic) bond motifs is 1. The van der Waals surface area contributed by atoms with Gasteiger partial charge < -0.3 is 14.8 Å². The molecule has 1 aliphatic rings. The minimum absolute atomic E-state index is 0.0528. The number of hydrogen-bond acceptors (Lipinski definition) is 5. The predicted molar refractivity (Wildman–Crippen MR) is 96.0 cm³/mol. The third-order valence-electron chi connectivity index (χ3n) is 4.51. The lowest BCUT2D eigenvalue weighted by atomic mass is 9.89. The number of methoxy groups -OCH3 is 2. The number of imidazole rings is 1. The number of nitrogens with one attached hydrogen (secondary N) is 1. The Bertz CT molecular complexity index is 953. The van der Waals surface area contributed by atoms with Crippen LogP contribution in [0.15, 0.2) is 49.1 Å². The second-order valence-corrected chi connectivity index (χ2v) is 5.98. The number of rotatable bonds is 4. The van der Waals surface area contributed by atoms with Gasteiger partial charge in [-0.05, 0) is 29.8 Å². The van der Waals surface area contributed by atoms with E-state index in [2.05, 4.69) is 15.3 Å². The first-order chi connectivity index (χ1) is 12.7. The van der Waals surface area contributed by atoms with Crippen LogP contribution in [0.2, 0.25) is 0 Å². The highest BCUT2D eigenvalue weighted by Crippen LogP contribution is 2.40. The van der Waals surface area contributed by atoms with Gasteiger partial charge in [0.2, 0.25) is 5.91 Å². The van der Waals surface area contributed by atoms with Crippen molar-refractivity contribution < 1.29 is 14.3 Å². The van der Waals surface area contributed by atoms with Crippen molar-refractivity contribution in [2.24, 2.45) is 0 Å². The van der Waals surface area contributed by atoms with E-state index in [1.165, 1.54) is 0 Å². The van der Waals surface area contributed by atoms with Crippen LogP contribution in [-0.4, -0.2) is 34.7 Å². The van der Waals surface area contributed by atoms with Gasteiger partial charge in [0.05, 0.1) is 31.8 Å². The van der Waals surface area contributed by atoms with Gasteiger partial charge in [-0.1, -0.05) is 6.07 Å². The molecule has 1 N–H and O–H groups in total. The van der Waals surface area contributed by atoms with E-state index in [1.54, 1.807) is 32.9 Å². The molecule has 1 atom stereocenters.